The van der Waals surface area contributed by atoms with Crippen molar-refractivity contribution in [3.05, 3.63) is 0 Å². The molecule has 2 atom stereocenters. The summed E-state index contributed by atoms with van der Waals surface area (Å²) in [5.74, 6) is -0.188. The van der Waals surface area contributed by atoms with Gasteiger partial charge in [0.05, 0.1) is 6.04 Å². The Morgan fingerprint density at radius 3 is 2.60 bits per heavy atom. The fraction of sp³-hybridized carbons (Fsp3) is 0.933. The van der Waals surface area contributed by atoms with Crippen molar-refractivity contribution in [1.82, 2.24) is 15.1 Å². The van der Waals surface area contributed by atoms with Crippen LogP contribution in [0.3, 0.4) is 0 Å². The lowest BCUT2D eigenvalue weighted by Gasteiger charge is -2.24. The summed E-state index contributed by atoms with van der Waals surface area (Å²) in [6.07, 6.45) is 7.28. The van der Waals surface area contributed by atoms with Gasteiger partial charge in [0.1, 0.15) is 0 Å². The van der Waals surface area contributed by atoms with Crippen molar-refractivity contribution in [2.24, 2.45) is 5.73 Å². The molecule has 2 saturated heterocycles. The summed E-state index contributed by atoms with van der Waals surface area (Å²) in [5, 5.41) is 3.37. The van der Waals surface area contributed by atoms with Crippen LogP contribution in [0.2, 0.25) is 0 Å². The molecule has 0 spiro atoms. The van der Waals surface area contributed by atoms with Crippen LogP contribution in [0.4, 0.5) is 0 Å². The van der Waals surface area contributed by atoms with Gasteiger partial charge in [-0.05, 0) is 58.2 Å². The maximum absolute atomic E-state index is 11.5. The van der Waals surface area contributed by atoms with E-state index in [0.717, 1.165) is 19.0 Å². The highest BCUT2D eigenvalue weighted by molar-refractivity contribution is 5.79. The fourth-order valence-corrected chi connectivity index (χ4v) is 3.57. The lowest BCUT2D eigenvalue weighted by atomic mass is 10.2. The number of hydrogen-bond acceptors (Lipinski definition) is 4. The zero-order valence-corrected chi connectivity index (χ0v) is 12.4. The molecular formula is C15H28N4O. The van der Waals surface area contributed by atoms with Crippen molar-refractivity contribution in [2.75, 3.05) is 32.7 Å². The number of nitrogens with one attached hydrogen (secondary N) is 1. The molecule has 5 nitrogen and oxygen atoms in total. The lowest BCUT2D eigenvalue weighted by Crippen LogP contribution is -2.44. The normalized spacial score (nSPS) is 29.9. The quantitative estimate of drug-likeness (QED) is 0.697. The summed E-state index contributed by atoms with van der Waals surface area (Å²) in [5.41, 5.74) is 5.50. The molecule has 3 rings (SSSR count). The lowest BCUT2D eigenvalue weighted by molar-refractivity contribution is -0.120. The SMILES string of the molecule is NC(=O)C(CCN1CCC(N2CCCC2)C1)NC1CC1. The van der Waals surface area contributed by atoms with Gasteiger partial charge in [0, 0.05) is 25.2 Å². The first-order valence-corrected chi connectivity index (χ1v) is 8.24. The number of likely N-dealkylation sites (tertiary alicyclic amines) is 2. The van der Waals surface area contributed by atoms with E-state index in [1.165, 1.54) is 58.3 Å². The topological polar surface area (TPSA) is 61.6 Å². The number of rotatable bonds is 7. The molecule has 3 fully saturated rings. The molecule has 3 aliphatic rings. The molecule has 20 heavy (non-hydrogen) atoms. The van der Waals surface area contributed by atoms with Gasteiger partial charge in [-0.25, -0.2) is 0 Å². The van der Waals surface area contributed by atoms with Gasteiger partial charge in [-0.15, -0.1) is 0 Å². The first-order chi connectivity index (χ1) is 9.72. The number of carbonyl (C=O) groups excluding carboxylic acids is 1. The molecule has 0 aromatic carbocycles. The highest BCUT2D eigenvalue weighted by Crippen LogP contribution is 2.22. The molecule has 2 aliphatic heterocycles. The minimum Gasteiger partial charge on any atom is -0.368 e. The Bertz CT molecular complexity index is 339. The first kappa shape index (κ1) is 14.3. The minimum absolute atomic E-state index is 0.131. The monoisotopic (exact) mass is 280 g/mol. The van der Waals surface area contributed by atoms with Crippen LogP contribution in [-0.2, 0) is 4.79 Å². The van der Waals surface area contributed by atoms with Crippen LogP contribution in [-0.4, -0.2) is 66.6 Å². The van der Waals surface area contributed by atoms with Crippen LogP contribution in [0.25, 0.3) is 0 Å². The average molecular weight is 280 g/mol. The minimum atomic E-state index is -0.188. The van der Waals surface area contributed by atoms with Crippen molar-refractivity contribution in [3.8, 4) is 0 Å². The third kappa shape index (κ3) is 3.71. The molecule has 0 bridgehead atoms. The van der Waals surface area contributed by atoms with Gasteiger partial charge in [0.25, 0.3) is 0 Å². The van der Waals surface area contributed by atoms with Gasteiger partial charge in [-0.3, -0.25) is 9.69 Å². The van der Waals surface area contributed by atoms with Gasteiger partial charge in [-0.2, -0.15) is 0 Å². The third-order valence-electron chi connectivity index (χ3n) is 5.00. The van der Waals surface area contributed by atoms with E-state index in [1.807, 2.05) is 0 Å². The van der Waals surface area contributed by atoms with E-state index in [4.69, 9.17) is 5.73 Å². The standard InChI is InChI=1S/C15H28N4O/c16-15(20)14(17-12-3-4-12)6-10-18-9-5-13(11-18)19-7-1-2-8-19/h12-14,17H,1-11H2,(H2,16,20). The van der Waals surface area contributed by atoms with Crippen LogP contribution < -0.4 is 11.1 Å². The van der Waals surface area contributed by atoms with Crippen LogP contribution in [0.1, 0.15) is 38.5 Å². The van der Waals surface area contributed by atoms with Crippen LogP contribution >= 0.6 is 0 Å². The Morgan fingerprint density at radius 1 is 1.20 bits per heavy atom. The molecule has 3 N–H and O–H groups in total. The van der Waals surface area contributed by atoms with E-state index < -0.39 is 0 Å². The zero-order valence-electron chi connectivity index (χ0n) is 12.4. The number of amides is 1. The Morgan fingerprint density at radius 2 is 1.95 bits per heavy atom. The number of carbonyl (C=O) groups is 1. The molecule has 0 aromatic rings. The second-order valence-electron chi connectivity index (χ2n) is 6.67. The van der Waals surface area contributed by atoms with Crippen molar-refractivity contribution >= 4 is 5.91 Å². The van der Waals surface area contributed by atoms with E-state index in [1.54, 1.807) is 0 Å². The molecule has 114 valence electrons. The van der Waals surface area contributed by atoms with Gasteiger partial charge in [0.15, 0.2) is 0 Å². The highest BCUT2D eigenvalue weighted by atomic mass is 16.1. The van der Waals surface area contributed by atoms with Gasteiger partial charge in [0.2, 0.25) is 5.91 Å². The average Bonchev–Trinajstić information content (AvgIpc) is 2.93. The number of nitrogens with zero attached hydrogens (tertiary/aromatic N) is 2. The number of nitrogens with two attached hydrogens (primary N) is 1. The summed E-state index contributed by atoms with van der Waals surface area (Å²) in [6, 6.07) is 1.16. The summed E-state index contributed by atoms with van der Waals surface area (Å²) >= 11 is 0. The predicted molar refractivity (Wildman–Crippen MR) is 79.4 cm³/mol. The first-order valence-electron chi connectivity index (χ1n) is 8.24. The summed E-state index contributed by atoms with van der Waals surface area (Å²) in [4.78, 5) is 16.6. The molecule has 1 aliphatic carbocycles. The molecule has 1 saturated carbocycles. The largest absolute Gasteiger partial charge is 0.368 e. The van der Waals surface area contributed by atoms with Crippen LogP contribution in [0.15, 0.2) is 0 Å². The van der Waals surface area contributed by atoms with Crippen LogP contribution in [0.5, 0.6) is 0 Å². The van der Waals surface area contributed by atoms with Gasteiger partial charge < -0.3 is 16.0 Å². The maximum atomic E-state index is 11.5. The second kappa shape index (κ2) is 6.41. The van der Waals surface area contributed by atoms with Crippen LogP contribution in [0, 0.1) is 0 Å². The number of hydrogen-bond donors (Lipinski definition) is 2. The van der Waals surface area contributed by atoms with Crippen molar-refractivity contribution in [3.63, 3.8) is 0 Å². The summed E-state index contributed by atoms with van der Waals surface area (Å²) in [7, 11) is 0. The van der Waals surface area contributed by atoms with Crippen molar-refractivity contribution in [1.29, 1.82) is 0 Å². The third-order valence-corrected chi connectivity index (χ3v) is 5.00. The molecule has 1 amide bonds. The number of primary amides is 1. The second-order valence-corrected chi connectivity index (χ2v) is 6.67. The summed E-state index contributed by atoms with van der Waals surface area (Å²) in [6.45, 7) is 5.92. The van der Waals surface area contributed by atoms with E-state index in [-0.39, 0.29) is 11.9 Å². The Labute approximate surface area is 121 Å². The molecular weight excluding hydrogens is 252 g/mol. The summed E-state index contributed by atoms with van der Waals surface area (Å²) < 4.78 is 0. The molecule has 2 heterocycles. The molecule has 2 unspecified atom stereocenters. The Hall–Kier alpha value is -0.650. The highest BCUT2D eigenvalue weighted by Gasteiger charge is 2.31. The fourth-order valence-electron chi connectivity index (χ4n) is 3.57. The predicted octanol–water partition coefficient (Wildman–Crippen LogP) is 0.153. The van der Waals surface area contributed by atoms with Gasteiger partial charge in [-0.1, -0.05) is 0 Å². The van der Waals surface area contributed by atoms with E-state index in [9.17, 15) is 4.79 Å². The maximum Gasteiger partial charge on any atom is 0.234 e. The Balaban J connectivity index is 1.40. The molecule has 0 radical (unpaired) electrons. The van der Waals surface area contributed by atoms with E-state index >= 15 is 0 Å². The smallest absolute Gasteiger partial charge is 0.234 e. The van der Waals surface area contributed by atoms with Crippen molar-refractivity contribution < 1.29 is 4.79 Å². The zero-order chi connectivity index (χ0) is 13.9. The molecule has 5 heteroatoms. The van der Waals surface area contributed by atoms with Gasteiger partial charge >= 0.3 is 0 Å². The van der Waals surface area contributed by atoms with Crippen molar-refractivity contribution in [2.45, 2.75) is 56.7 Å². The molecule has 0 aromatic heterocycles. The van der Waals surface area contributed by atoms with E-state index in [0.29, 0.717) is 6.04 Å². The Kier molecular flexibility index (Phi) is 4.58. The van der Waals surface area contributed by atoms with E-state index in [2.05, 4.69) is 15.1 Å².